The Morgan fingerprint density at radius 3 is 2.95 bits per heavy atom. The third-order valence-corrected chi connectivity index (χ3v) is 5.11. The van der Waals surface area contributed by atoms with Crippen LogP contribution in [0.15, 0.2) is 29.2 Å². The molecule has 4 heteroatoms. The molecule has 2 nitrogen and oxygen atoms in total. The molecule has 0 saturated carbocycles. The fourth-order valence-corrected chi connectivity index (χ4v) is 3.66. The molecule has 2 rings (SSSR count). The van der Waals surface area contributed by atoms with E-state index in [1.807, 2.05) is 24.3 Å². The monoisotopic (exact) mass is 297 g/mol. The van der Waals surface area contributed by atoms with Crippen molar-refractivity contribution >= 4 is 29.3 Å². The summed E-state index contributed by atoms with van der Waals surface area (Å²) in [5.41, 5.74) is 0. The SMILES string of the molecule is CC[C@H]1CCCCN1C(=O)CSc1ccccc1Cl. The predicted octanol–water partition coefficient (Wildman–Crippen LogP) is 4.22. The van der Waals surface area contributed by atoms with Gasteiger partial charge in [0.2, 0.25) is 5.91 Å². The summed E-state index contributed by atoms with van der Waals surface area (Å²) in [7, 11) is 0. The van der Waals surface area contributed by atoms with E-state index in [1.165, 1.54) is 18.2 Å². The van der Waals surface area contributed by atoms with Gasteiger partial charge in [0, 0.05) is 17.5 Å². The van der Waals surface area contributed by atoms with Crippen LogP contribution < -0.4 is 0 Å². The van der Waals surface area contributed by atoms with E-state index in [-0.39, 0.29) is 5.91 Å². The zero-order valence-electron chi connectivity index (χ0n) is 11.3. The number of hydrogen-bond acceptors (Lipinski definition) is 2. The molecule has 0 N–H and O–H groups in total. The highest BCUT2D eigenvalue weighted by Crippen LogP contribution is 2.28. The normalized spacial score (nSPS) is 19.5. The van der Waals surface area contributed by atoms with Crippen LogP contribution in [0.1, 0.15) is 32.6 Å². The molecule has 1 saturated heterocycles. The van der Waals surface area contributed by atoms with Crippen LogP contribution >= 0.6 is 23.4 Å². The summed E-state index contributed by atoms with van der Waals surface area (Å²) in [4.78, 5) is 15.4. The van der Waals surface area contributed by atoms with Crippen LogP contribution in [0.5, 0.6) is 0 Å². The molecule has 19 heavy (non-hydrogen) atoms. The fraction of sp³-hybridized carbons (Fsp3) is 0.533. The molecule has 1 fully saturated rings. The van der Waals surface area contributed by atoms with Crippen molar-refractivity contribution in [1.82, 2.24) is 4.90 Å². The standard InChI is InChI=1S/C15H20ClNOS/c1-2-12-7-5-6-10-17(12)15(18)11-19-14-9-4-3-8-13(14)16/h3-4,8-9,12H,2,5-7,10-11H2,1H3/t12-/m0/s1. The molecule has 0 aromatic heterocycles. The minimum absolute atomic E-state index is 0.247. The van der Waals surface area contributed by atoms with Gasteiger partial charge in [0.1, 0.15) is 0 Å². The highest BCUT2D eigenvalue weighted by molar-refractivity contribution is 8.00. The summed E-state index contributed by atoms with van der Waals surface area (Å²) < 4.78 is 0. The number of thioether (sulfide) groups is 1. The molecule has 0 bridgehead atoms. The van der Waals surface area contributed by atoms with Crippen molar-refractivity contribution in [2.45, 2.75) is 43.5 Å². The number of nitrogens with zero attached hydrogens (tertiary/aromatic N) is 1. The molecule has 0 spiro atoms. The number of rotatable bonds is 4. The highest BCUT2D eigenvalue weighted by atomic mass is 35.5. The Balaban J connectivity index is 1.92. The van der Waals surface area contributed by atoms with Gasteiger partial charge in [-0.15, -0.1) is 11.8 Å². The Labute approximate surface area is 124 Å². The number of piperidine rings is 1. The quantitative estimate of drug-likeness (QED) is 0.775. The van der Waals surface area contributed by atoms with Gasteiger partial charge in [0.15, 0.2) is 0 Å². The van der Waals surface area contributed by atoms with Crippen molar-refractivity contribution in [3.05, 3.63) is 29.3 Å². The van der Waals surface area contributed by atoms with Gasteiger partial charge in [-0.3, -0.25) is 4.79 Å². The summed E-state index contributed by atoms with van der Waals surface area (Å²) in [6.45, 7) is 3.08. The lowest BCUT2D eigenvalue weighted by molar-refractivity contribution is -0.132. The minimum Gasteiger partial charge on any atom is -0.339 e. The molecule has 1 aromatic rings. The van der Waals surface area contributed by atoms with E-state index in [0.717, 1.165) is 35.7 Å². The number of carbonyl (C=O) groups is 1. The van der Waals surface area contributed by atoms with Crippen LogP contribution in [0.25, 0.3) is 0 Å². The average Bonchev–Trinajstić information content (AvgIpc) is 2.46. The fourth-order valence-electron chi connectivity index (χ4n) is 2.54. The van der Waals surface area contributed by atoms with Gasteiger partial charge in [-0.25, -0.2) is 0 Å². The lowest BCUT2D eigenvalue weighted by Gasteiger charge is -2.35. The van der Waals surface area contributed by atoms with E-state index in [9.17, 15) is 4.79 Å². The van der Waals surface area contributed by atoms with Crippen molar-refractivity contribution in [3.8, 4) is 0 Å². The summed E-state index contributed by atoms with van der Waals surface area (Å²) in [6, 6.07) is 8.13. The van der Waals surface area contributed by atoms with Gasteiger partial charge in [0.25, 0.3) is 0 Å². The highest BCUT2D eigenvalue weighted by Gasteiger charge is 2.25. The molecular formula is C15H20ClNOS. The van der Waals surface area contributed by atoms with Gasteiger partial charge in [-0.2, -0.15) is 0 Å². The zero-order chi connectivity index (χ0) is 13.7. The summed E-state index contributed by atoms with van der Waals surface area (Å²) in [6.07, 6.45) is 4.60. The topological polar surface area (TPSA) is 20.3 Å². The van der Waals surface area contributed by atoms with Crippen LogP contribution in [0.4, 0.5) is 0 Å². The first-order valence-corrected chi connectivity index (χ1v) is 8.25. The van der Waals surface area contributed by atoms with Crippen LogP contribution in [-0.2, 0) is 4.79 Å². The first-order valence-electron chi connectivity index (χ1n) is 6.89. The zero-order valence-corrected chi connectivity index (χ0v) is 12.8. The van der Waals surface area contributed by atoms with Crippen molar-refractivity contribution in [2.75, 3.05) is 12.3 Å². The van der Waals surface area contributed by atoms with Crippen LogP contribution in [0, 0.1) is 0 Å². The molecule has 1 heterocycles. The Bertz CT molecular complexity index is 438. The molecule has 0 radical (unpaired) electrons. The van der Waals surface area contributed by atoms with Crippen LogP contribution in [0.3, 0.4) is 0 Å². The second-order valence-corrected chi connectivity index (χ2v) is 6.29. The smallest absolute Gasteiger partial charge is 0.233 e. The number of amides is 1. The largest absolute Gasteiger partial charge is 0.339 e. The Morgan fingerprint density at radius 2 is 2.21 bits per heavy atom. The number of carbonyl (C=O) groups excluding carboxylic acids is 1. The van der Waals surface area contributed by atoms with Gasteiger partial charge in [-0.1, -0.05) is 30.7 Å². The first kappa shape index (κ1) is 14.7. The first-order chi connectivity index (χ1) is 9.22. The molecule has 1 amide bonds. The summed E-state index contributed by atoms with van der Waals surface area (Å²) >= 11 is 7.64. The predicted molar refractivity (Wildman–Crippen MR) is 81.8 cm³/mol. The average molecular weight is 298 g/mol. The molecule has 1 atom stereocenters. The molecule has 104 valence electrons. The second kappa shape index (κ2) is 7.20. The van der Waals surface area contributed by atoms with Crippen LogP contribution in [0.2, 0.25) is 5.02 Å². The Morgan fingerprint density at radius 1 is 1.42 bits per heavy atom. The van der Waals surface area contributed by atoms with E-state index in [1.54, 1.807) is 0 Å². The maximum atomic E-state index is 12.3. The lowest BCUT2D eigenvalue weighted by atomic mass is 10.0. The van der Waals surface area contributed by atoms with E-state index in [4.69, 9.17) is 11.6 Å². The maximum absolute atomic E-state index is 12.3. The number of halogens is 1. The van der Waals surface area contributed by atoms with Gasteiger partial charge in [-0.05, 0) is 37.8 Å². The van der Waals surface area contributed by atoms with E-state index in [0.29, 0.717) is 11.8 Å². The molecule has 0 aliphatic carbocycles. The summed E-state index contributed by atoms with van der Waals surface area (Å²) in [5.74, 6) is 0.733. The van der Waals surface area contributed by atoms with Gasteiger partial charge >= 0.3 is 0 Å². The Kier molecular flexibility index (Phi) is 5.59. The molecule has 1 aliphatic heterocycles. The number of hydrogen-bond donors (Lipinski definition) is 0. The number of likely N-dealkylation sites (tertiary alicyclic amines) is 1. The summed E-state index contributed by atoms with van der Waals surface area (Å²) in [5, 5.41) is 0.728. The maximum Gasteiger partial charge on any atom is 0.233 e. The van der Waals surface area contributed by atoms with E-state index in [2.05, 4.69) is 11.8 Å². The van der Waals surface area contributed by atoms with Gasteiger partial charge in [0.05, 0.1) is 10.8 Å². The molecular weight excluding hydrogens is 278 g/mol. The van der Waals surface area contributed by atoms with E-state index < -0.39 is 0 Å². The molecule has 1 aliphatic rings. The Hall–Kier alpha value is -0.670. The van der Waals surface area contributed by atoms with Crippen molar-refractivity contribution in [3.63, 3.8) is 0 Å². The van der Waals surface area contributed by atoms with E-state index >= 15 is 0 Å². The molecule has 0 unspecified atom stereocenters. The van der Waals surface area contributed by atoms with Crippen molar-refractivity contribution in [1.29, 1.82) is 0 Å². The molecule has 1 aromatic carbocycles. The third-order valence-electron chi connectivity index (χ3n) is 3.61. The number of benzene rings is 1. The van der Waals surface area contributed by atoms with Crippen molar-refractivity contribution < 1.29 is 4.79 Å². The van der Waals surface area contributed by atoms with Crippen molar-refractivity contribution in [2.24, 2.45) is 0 Å². The second-order valence-electron chi connectivity index (χ2n) is 4.86. The lowest BCUT2D eigenvalue weighted by Crippen LogP contribution is -2.44. The van der Waals surface area contributed by atoms with Gasteiger partial charge < -0.3 is 4.90 Å². The van der Waals surface area contributed by atoms with Crippen LogP contribution in [-0.4, -0.2) is 29.1 Å². The third kappa shape index (κ3) is 3.90. The minimum atomic E-state index is 0.247.